The number of aryl methyl sites for hydroxylation is 1. The predicted molar refractivity (Wildman–Crippen MR) is 135 cm³/mol. The number of ether oxygens (including phenoxy) is 2. The summed E-state index contributed by atoms with van der Waals surface area (Å²) in [4.78, 5) is 18.0. The summed E-state index contributed by atoms with van der Waals surface area (Å²) >= 11 is 0. The molecular formula is C28H30N2O5. The van der Waals surface area contributed by atoms with Gasteiger partial charge in [0.1, 0.15) is 23.6 Å². The summed E-state index contributed by atoms with van der Waals surface area (Å²) in [5.41, 5.74) is 1.46. The van der Waals surface area contributed by atoms with E-state index >= 15 is 0 Å². The Labute approximate surface area is 204 Å². The maximum atomic E-state index is 11.3. The number of hydrogen-bond acceptors (Lipinski definition) is 6. The van der Waals surface area contributed by atoms with Crippen LogP contribution >= 0.6 is 0 Å². The Morgan fingerprint density at radius 3 is 2.37 bits per heavy atom. The number of para-hydroxylation sites is 3. The summed E-state index contributed by atoms with van der Waals surface area (Å²) in [6, 6.07) is 25.6. The minimum Gasteiger partial charge on any atom is -0.492 e. The van der Waals surface area contributed by atoms with Crippen molar-refractivity contribution in [2.75, 3.05) is 24.6 Å². The zero-order valence-electron chi connectivity index (χ0n) is 20.0. The van der Waals surface area contributed by atoms with Gasteiger partial charge in [0.05, 0.1) is 6.54 Å². The standard InChI is InChI=1S/C28H30N2O5/c1-28(2,26(31)32)35-23-16-14-21(15-17-23)9-8-18-30(19-20-33-22-10-4-3-5-11-22)27-29-24-12-6-7-13-25(24)34-27/h3-7,10-17H,8-9,18-20H2,1-2H3,(H,31,32). The molecule has 35 heavy (non-hydrogen) atoms. The van der Waals surface area contributed by atoms with Crippen LogP contribution in [0.1, 0.15) is 25.8 Å². The van der Waals surface area contributed by atoms with Gasteiger partial charge < -0.3 is 23.9 Å². The average Bonchev–Trinajstić information content (AvgIpc) is 3.29. The van der Waals surface area contributed by atoms with Crippen LogP contribution in [0.4, 0.5) is 6.01 Å². The molecule has 4 rings (SSSR count). The largest absolute Gasteiger partial charge is 0.492 e. The molecule has 0 aliphatic carbocycles. The van der Waals surface area contributed by atoms with Crippen LogP contribution < -0.4 is 14.4 Å². The Balaban J connectivity index is 1.37. The Hall–Kier alpha value is -4.00. The first-order valence-electron chi connectivity index (χ1n) is 11.7. The van der Waals surface area contributed by atoms with Crippen molar-refractivity contribution in [3.8, 4) is 11.5 Å². The molecule has 0 bridgehead atoms. The molecule has 7 heteroatoms. The molecule has 0 fully saturated rings. The first-order valence-corrected chi connectivity index (χ1v) is 11.7. The monoisotopic (exact) mass is 474 g/mol. The number of aromatic nitrogens is 1. The SMILES string of the molecule is CC(C)(Oc1ccc(CCCN(CCOc2ccccc2)c2nc3ccccc3o2)cc1)C(=O)O. The van der Waals surface area contributed by atoms with Gasteiger partial charge in [-0.15, -0.1) is 0 Å². The second kappa shape index (κ2) is 11.0. The van der Waals surface area contributed by atoms with Crippen LogP contribution in [-0.4, -0.2) is 41.4 Å². The van der Waals surface area contributed by atoms with Gasteiger partial charge in [-0.3, -0.25) is 0 Å². The molecule has 0 atom stereocenters. The fourth-order valence-corrected chi connectivity index (χ4v) is 3.63. The second-order valence-electron chi connectivity index (χ2n) is 8.78. The normalized spacial score (nSPS) is 11.4. The van der Waals surface area contributed by atoms with E-state index in [0.717, 1.165) is 41.8 Å². The van der Waals surface area contributed by atoms with Crippen molar-refractivity contribution < 1.29 is 23.8 Å². The van der Waals surface area contributed by atoms with E-state index in [2.05, 4.69) is 9.88 Å². The van der Waals surface area contributed by atoms with Crippen LogP contribution in [0.3, 0.4) is 0 Å². The van der Waals surface area contributed by atoms with Crippen molar-refractivity contribution in [3.05, 3.63) is 84.4 Å². The molecule has 4 aromatic rings. The van der Waals surface area contributed by atoms with Crippen LogP contribution in [0, 0.1) is 0 Å². The van der Waals surface area contributed by atoms with Gasteiger partial charge in [-0.1, -0.05) is 42.5 Å². The lowest BCUT2D eigenvalue weighted by Crippen LogP contribution is -2.37. The smallest absolute Gasteiger partial charge is 0.347 e. The summed E-state index contributed by atoms with van der Waals surface area (Å²) in [5, 5.41) is 9.24. The van der Waals surface area contributed by atoms with E-state index in [1.165, 1.54) is 13.8 Å². The molecule has 0 saturated carbocycles. The lowest BCUT2D eigenvalue weighted by atomic mass is 10.1. The predicted octanol–water partition coefficient (Wildman–Crippen LogP) is 5.59. The van der Waals surface area contributed by atoms with E-state index in [-0.39, 0.29) is 0 Å². The lowest BCUT2D eigenvalue weighted by Gasteiger charge is -2.22. The zero-order chi connectivity index (χ0) is 24.7. The molecule has 0 unspecified atom stereocenters. The average molecular weight is 475 g/mol. The van der Waals surface area contributed by atoms with Crippen molar-refractivity contribution in [1.29, 1.82) is 0 Å². The number of oxazole rings is 1. The van der Waals surface area contributed by atoms with Crippen molar-refractivity contribution in [1.82, 2.24) is 4.98 Å². The highest BCUT2D eigenvalue weighted by Gasteiger charge is 2.29. The third kappa shape index (κ3) is 6.53. The molecule has 0 spiro atoms. The fourth-order valence-electron chi connectivity index (χ4n) is 3.63. The summed E-state index contributed by atoms with van der Waals surface area (Å²) < 4.78 is 17.5. The molecule has 1 heterocycles. The van der Waals surface area contributed by atoms with E-state index in [1.807, 2.05) is 78.9 Å². The number of benzene rings is 3. The van der Waals surface area contributed by atoms with Gasteiger partial charge in [0.2, 0.25) is 0 Å². The Bertz CT molecular complexity index is 1200. The maximum absolute atomic E-state index is 11.3. The molecular weight excluding hydrogens is 444 g/mol. The van der Waals surface area contributed by atoms with Crippen LogP contribution in [0.2, 0.25) is 0 Å². The van der Waals surface area contributed by atoms with E-state index in [1.54, 1.807) is 0 Å². The van der Waals surface area contributed by atoms with Crippen LogP contribution in [0.5, 0.6) is 11.5 Å². The number of carbonyl (C=O) groups is 1. The number of fused-ring (bicyclic) bond motifs is 1. The van der Waals surface area contributed by atoms with Gasteiger partial charge >= 0.3 is 5.97 Å². The molecule has 182 valence electrons. The van der Waals surface area contributed by atoms with Gasteiger partial charge in [0.15, 0.2) is 11.2 Å². The third-order valence-electron chi connectivity index (χ3n) is 5.63. The van der Waals surface area contributed by atoms with Gasteiger partial charge in [0, 0.05) is 6.54 Å². The van der Waals surface area contributed by atoms with Gasteiger partial charge in [0.25, 0.3) is 6.01 Å². The van der Waals surface area contributed by atoms with Crippen molar-refractivity contribution in [2.24, 2.45) is 0 Å². The number of hydrogen-bond donors (Lipinski definition) is 1. The van der Waals surface area contributed by atoms with Crippen LogP contribution in [0.25, 0.3) is 11.1 Å². The highest BCUT2D eigenvalue weighted by Crippen LogP contribution is 2.23. The Morgan fingerprint density at radius 2 is 1.66 bits per heavy atom. The maximum Gasteiger partial charge on any atom is 0.347 e. The molecule has 3 aromatic carbocycles. The van der Waals surface area contributed by atoms with Gasteiger partial charge in [-0.25, -0.2) is 4.79 Å². The molecule has 0 aliphatic rings. The number of rotatable bonds is 12. The minimum atomic E-state index is -1.27. The summed E-state index contributed by atoms with van der Waals surface area (Å²) in [6.07, 6.45) is 1.73. The van der Waals surface area contributed by atoms with E-state index in [4.69, 9.17) is 13.9 Å². The number of carboxylic acids is 1. The summed E-state index contributed by atoms with van der Waals surface area (Å²) in [5.74, 6) is 0.364. The van der Waals surface area contributed by atoms with E-state index < -0.39 is 11.6 Å². The van der Waals surface area contributed by atoms with Gasteiger partial charge in [-0.05, 0) is 68.7 Å². The molecule has 0 aliphatic heterocycles. The molecule has 0 saturated heterocycles. The van der Waals surface area contributed by atoms with Gasteiger partial charge in [-0.2, -0.15) is 4.98 Å². The van der Waals surface area contributed by atoms with E-state index in [9.17, 15) is 9.90 Å². The highest BCUT2D eigenvalue weighted by atomic mass is 16.5. The van der Waals surface area contributed by atoms with E-state index in [0.29, 0.717) is 24.9 Å². The number of carboxylic acid groups (broad SMARTS) is 1. The van der Waals surface area contributed by atoms with Crippen molar-refractivity contribution in [3.63, 3.8) is 0 Å². The molecule has 1 aromatic heterocycles. The Kier molecular flexibility index (Phi) is 7.55. The first-order chi connectivity index (χ1) is 16.9. The third-order valence-corrected chi connectivity index (χ3v) is 5.63. The molecule has 1 N–H and O–H groups in total. The van der Waals surface area contributed by atoms with Crippen LogP contribution in [-0.2, 0) is 11.2 Å². The number of aliphatic carboxylic acids is 1. The first kappa shape index (κ1) is 24.1. The fraction of sp³-hybridized carbons (Fsp3) is 0.286. The quantitative estimate of drug-likeness (QED) is 0.287. The highest BCUT2D eigenvalue weighted by molar-refractivity contribution is 5.76. The summed E-state index contributed by atoms with van der Waals surface area (Å²) in [6.45, 7) is 4.96. The van der Waals surface area contributed by atoms with Crippen molar-refractivity contribution >= 4 is 23.1 Å². The molecule has 0 amide bonds. The molecule has 7 nitrogen and oxygen atoms in total. The molecule has 0 radical (unpaired) electrons. The Morgan fingerprint density at radius 1 is 0.943 bits per heavy atom. The number of anilines is 1. The lowest BCUT2D eigenvalue weighted by molar-refractivity contribution is -0.152. The second-order valence-corrected chi connectivity index (χ2v) is 8.78. The summed E-state index contributed by atoms with van der Waals surface area (Å²) in [7, 11) is 0. The van der Waals surface area contributed by atoms with Crippen LogP contribution in [0.15, 0.2) is 83.3 Å². The minimum absolute atomic E-state index is 0.508. The van der Waals surface area contributed by atoms with Crippen molar-refractivity contribution in [2.45, 2.75) is 32.3 Å². The zero-order valence-corrected chi connectivity index (χ0v) is 20.0. The number of nitrogens with zero attached hydrogens (tertiary/aromatic N) is 2. The topological polar surface area (TPSA) is 85.0 Å².